The number of benzene rings is 1. The molecule has 0 saturated heterocycles. The lowest BCUT2D eigenvalue weighted by Crippen LogP contribution is -3.00. The molecule has 1 aromatic rings. The van der Waals surface area contributed by atoms with Crippen LogP contribution in [0.1, 0.15) is 52.9 Å². The molecule has 1 unspecified atom stereocenters. The molecule has 0 bridgehead atoms. The molecule has 1 N–H and O–H groups in total. The molecule has 0 aliphatic carbocycles. The van der Waals surface area contributed by atoms with Gasteiger partial charge in [-0.15, -0.1) is 0 Å². The fourth-order valence-corrected chi connectivity index (χ4v) is 3.05. The molecule has 0 fully saturated rings. The number of unbranched alkanes of at least 4 members (excludes halogenated alkanes) is 3. The Bertz CT molecular complexity index is 522. The largest absolute Gasteiger partial charge is 1.00 e. The van der Waals surface area contributed by atoms with E-state index in [0.29, 0.717) is 11.5 Å². The van der Waals surface area contributed by atoms with E-state index < -0.39 is 0 Å². The fourth-order valence-electron chi connectivity index (χ4n) is 3.05. The summed E-state index contributed by atoms with van der Waals surface area (Å²) >= 11 is 0. The highest BCUT2D eigenvalue weighted by Gasteiger charge is 2.23. The van der Waals surface area contributed by atoms with Crippen LogP contribution >= 0.6 is 0 Å². The summed E-state index contributed by atoms with van der Waals surface area (Å²) in [6.45, 7) is 8.15. The number of anilines is 1. The van der Waals surface area contributed by atoms with Gasteiger partial charge in [0.25, 0.3) is 0 Å². The molecule has 0 aromatic heterocycles. The number of hydrogen-bond donors (Lipinski definition) is 1. The van der Waals surface area contributed by atoms with Gasteiger partial charge < -0.3 is 27.2 Å². The molecule has 0 spiro atoms. The number of carbonyl (C=O) groups excluding carboxylic acids is 1. The Morgan fingerprint density at radius 1 is 1.04 bits per heavy atom. The van der Waals surface area contributed by atoms with E-state index in [1.54, 1.807) is 20.3 Å². The Kier molecular flexibility index (Phi) is 12.9. The summed E-state index contributed by atoms with van der Waals surface area (Å²) in [4.78, 5) is 15.1. The predicted octanol–water partition coefficient (Wildman–Crippen LogP) is 1.33. The number of amides is 1. The highest BCUT2D eigenvalue weighted by Crippen LogP contribution is 2.30. The van der Waals surface area contributed by atoms with Gasteiger partial charge in [-0.3, -0.25) is 9.69 Å². The van der Waals surface area contributed by atoms with Crippen molar-refractivity contribution in [3.63, 3.8) is 0 Å². The summed E-state index contributed by atoms with van der Waals surface area (Å²) < 4.78 is 10.6. The zero-order valence-corrected chi connectivity index (χ0v) is 17.6. The second-order valence-corrected chi connectivity index (χ2v) is 6.15. The lowest BCUT2D eigenvalue weighted by Gasteiger charge is -2.28. The minimum Gasteiger partial charge on any atom is -1.00 e. The van der Waals surface area contributed by atoms with Gasteiger partial charge in [-0.25, -0.2) is 0 Å². The minimum atomic E-state index is -0.0973. The zero-order chi connectivity index (χ0) is 18.7. The van der Waals surface area contributed by atoms with Gasteiger partial charge >= 0.3 is 0 Å². The molecule has 6 heteroatoms. The molecule has 0 radical (unpaired) electrons. The third-order valence-electron chi connectivity index (χ3n) is 4.54. The van der Waals surface area contributed by atoms with Gasteiger partial charge in [-0.1, -0.05) is 46.5 Å². The van der Waals surface area contributed by atoms with Gasteiger partial charge in [0.2, 0.25) is 5.91 Å². The summed E-state index contributed by atoms with van der Waals surface area (Å²) in [5.74, 6) is 1.32. The standard InChI is InChI=1S/C20H34N2O3.ClH/c1-6-9-10-11-12-17(22(7-2)8-3)20(23)21-16-13-14-18(24-4)19(15-16)25-5;/h13-15,17H,6-12H2,1-5H3,(H,21,23);1H/p-1. The average molecular weight is 386 g/mol. The van der Waals surface area contributed by atoms with E-state index in [1.165, 1.54) is 19.3 Å². The number of carbonyl (C=O) groups is 1. The van der Waals surface area contributed by atoms with Gasteiger partial charge in [0.1, 0.15) is 0 Å². The third-order valence-corrected chi connectivity index (χ3v) is 4.54. The first-order valence-electron chi connectivity index (χ1n) is 9.38. The molecule has 0 aliphatic heterocycles. The summed E-state index contributed by atoms with van der Waals surface area (Å²) in [6.07, 6.45) is 5.57. The minimum absolute atomic E-state index is 0. The summed E-state index contributed by atoms with van der Waals surface area (Å²) in [5.41, 5.74) is 0.730. The SMILES string of the molecule is CCCCCCC(C(=O)Nc1ccc(OC)c(OC)c1)N(CC)CC.[Cl-]. The first kappa shape index (κ1) is 24.5. The lowest BCUT2D eigenvalue weighted by atomic mass is 10.0. The molecular formula is C20H34ClN2O3-. The topological polar surface area (TPSA) is 50.8 Å². The monoisotopic (exact) mass is 385 g/mol. The second kappa shape index (κ2) is 13.7. The molecule has 0 aliphatic rings. The van der Waals surface area contributed by atoms with Crippen molar-refractivity contribution in [3.05, 3.63) is 18.2 Å². The van der Waals surface area contributed by atoms with Crippen molar-refractivity contribution in [3.8, 4) is 11.5 Å². The summed E-state index contributed by atoms with van der Waals surface area (Å²) in [6, 6.07) is 5.35. The van der Waals surface area contributed by atoms with E-state index >= 15 is 0 Å². The Labute approximate surface area is 164 Å². The van der Waals surface area contributed by atoms with Gasteiger partial charge in [-0.2, -0.15) is 0 Å². The van der Waals surface area contributed by atoms with E-state index in [1.807, 2.05) is 12.1 Å². The van der Waals surface area contributed by atoms with Crippen molar-refractivity contribution in [2.24, 2.45) is 0 Å². The van der Waals surface area contributed by atoms with Crippen molar-refractivity contribution in [1.82, 2.24) is 4.90 Å². The molecule has 1 atom stereocenters. The van der Waals surface area contributed by atoms with E-state index in [4.69, 9.17) is 9.47 Å². The smallest absolute Gasteiger partial charge is 0.241 e. The maximum absolute atomic E-state index is 12.9. The summed E-state index contributed by atoms with van der Waals surface area (Å²) in [7, 11) is 3.19. The van der Waals surface area contributed by atoms with Crippen LogP contribution in [0.5, 0.6) is 11.5 Å². The molecule has 26 heavy (non-hydrogen) atoms. The van der Waals surface area contributed by atoms with Gasteiger partial charge in [0.15, 0.2) is 11.5 Å². The van der Waals surface area contributed by atoms with Crippen molar-refractivity contribution < 1.29 is 26.7 Å². The quantitative estimate of drug-likeness (QED) is 0.551. The average Bonchev–Trinajstić information content (AvgIpc) is 2.64. The molecule has 150 valence electrons. The van der Waals surface area contributed by atoms with Crippen molar-refractivity contribution in [2.75, 3.05) is 32.6 Å². The zero-order valence-electron chi connectivity index (χ0n) is 16.8. The molecular weight excluding hydrogens is 352 g/mol. The Balaban J connectivity index is 0.00000625. The van der Waals surface area contributed by atoms with Crippen LogP contribution in [0.15, 0.2) is 18.2 Å². The highest BCUT2D eigenvalue weighted by atomic mass is 35.5. The van der Waals surface area contributed by atoms with Crippen LogP contribution in [0.3, 0.4) is 0 Å². The number of halogens is 1. The van der Waals surface area contributed by atoms with Crippen LogP contribution in [0.25, 0.3) is 0 Å². The Hall–Kier alpha value is -1.46. The van der Waals surface area contributed by atoms with Crippen LogP contribution in [0.2, 0.25) is 0 Å². The lowest BCUT2D eigenvalue weighted by molar-refractivity contribution is -0.121. The molecule has 1 rings (SSSR count). The van der Waals surface area contributed by atoms with E-state index in [-0.39, 0.29) is 24.4 Å². The molecule has 1 aromatic carbocycles. The summed E-state index contributed by atoms with van der Waals surface area (Å²) in [5, 5.41) is 3.04. The van der Waals surface area contributed by atoms with Crippen LogP contribution in [0, 0.1) is 0 Å². The normalized spacial score (nSPS) is 11.6. The van der Waals surface area contributed by atoms with Gasteiger partial charge in [-0.05, 0) is 31.6 Å². The third kappa shape index (κ3) is 7.42. The van der Waals surface area contributed by atoms with Crippen molar-refractivity contribution >= 4 is 11.6 Å². The first-order chi connectivity index (χ1) is 12.1. The molecule has 0 saturated carbocycles. The van der Waals surface area contributed by atoms with Crippen LogP contribution in [-0.4, -0.2) is 44.2 Å². The molecule has 1 amide bonds. The number of ether oxygens (including phenoxy) is 2. The highest BCUT2D eigenvalue weighted by molar-refractivity contribution is 5.95. The second-order valence-electron chi connectivity index (χ2n) is 6.15. The first-order valence-corrected chi connectivity index (χ1v) is 9.38. The molecule has 5 nitrogen and oxygen atoms in total. The van der Waals surface area contributed by atoms with E-state index in [0.717, 1.165) is 31.6 Å². The van der Waals surface area contributed by atoms with Crippen LogP contribution in [-0.2, 0) is 4.79 Å². The number of rotatable bonds is 12. The van der Waals surface area contributed by atoms with Crippen molar-refractivity contribution in [2.45, 2.75) is 58.9 Å². The van der Waals surface area contributed by atoms with Crippen LogP contribution in [0.4, 0.5) is 5.69 Å². The van der Waals surface area contributed by atoms with E-state index in [2.05, 4.69) is 31.0 Å². The number of methoxy groups -OCH3 is 2. The van der Waals surface area contributed by atoms with Gasteiger partial charge in [0.05, 0.1) is 20.3 Å². The number of nitrogens with one attached hydrogen (secondary N) is 1. The fraction of sp³-hybridized carbons (Fsp3) is 0.650. The van der Waals surface area contributed by atoms with E-state index in [9.17, 15) is 4.79 Å². The molecule has 0 heterocycles. The van der Waals surface area contributed by atoms with Gasteiger partial charge in [0, 0.05) is 11.8 Å². The van der Waals surface area contributed by atoms with Crippen molar-refractivity contribution in [1.29, 1.82) is 0 Å². The maximum atomic E-state index is 12.9. The maximum Gasteiger partial charge on any atom is 0.241 e. The number of nitrogens with zero attached hydrogens (tertiary/aromatic N) is 1. The Morgan fingerprint density at radius 3 is 2.23 bits per heavy atom. The number of likely N-dealkylation sites (N-methyl/N-ethyl adjacent to an activating group) is 1. The number of hydrogen-bond acceptors (Lipinski definition) is 4. The predicted molar refractivity (Wildman–Crippen MR) is 104 cm³/mol. The Morgan fingerprint density at radius 2 is 1.69 bits per heavy atom. The van der Waals surface area contributed by atoms with Crippen LogP contribution < -0.4 is 27.2 Å².